The summed E-state index contributed by atoms with van der Waals surface area (Å²) in [5, 5.41) is 12.6. The molecule has 5 nitrogen and oxygen atoms in total. The van der Waals surface area contributed by atoms with Gasteiger partial charge >= 0.3 is 12.1 Å². The smallest absolute Gasteiger partial charge is 0.401 e. The number of hydrogen-bond acceptors (Lipinski definition) is 3. The highest BCUT2D eigenvalue weighted by atomic mass is 19.4. The number of nitrogens with one attached hydrogen (secondary N) is 2. The van der Waals surface area contributed by atoms with Crippen molar-refractivity contribution in [3.8, 4) is 0 Å². The summed E-state index contributed by atoms with van der Waals surface area (Å²) in [7, 11) is 0. The van der Waals surface area contributed by atoms with Crippen LogP contribution in [-0.4, -0.2) is 42.3 Å². The van der Waals surface area contributed by atoms with Crippen molar-refractivity contribution < 1.29 is 27.9 Å². The van der Waals surface area contributed by atoms with E-state index in [1.165, 1.54) is 6.08 Å². The number of carbonyl (C=O) groups excluding carboxylic acids is 1. The molecule has 0 aromatic rings. The number of halogens is 3. The van der Waals surface area contributed by atoms with Crippen molar-refractivity contribution in [1.82, 2.24) is 10.6 Å². The minimum atomic E-state index is -4.41. The molecule has 0 saturated heterocycles. The predicted octanol–water partition coefficient (Wildman–Crippen LogP) is 0.284. The average Bonchev–Trinajstić information content (AvgIpc) is 2.14. The van der Waals surface area contributed by atoms with Crippen LogP contribution in [0.15, 0.2) is 12.7 Å². The monoisotopic (exact) mass is 254 g/mol. The summed E-state index contributed by atoms with van der Waals surface area (Å²) in [5.41, 5.74) is 0. The van der Waals surface area contributed by atoms with Crippen molar-refractivity contribution in [2.24, 2.45) is 0 Å². The van der Waals surface area contributed by atoms with Crippen LogP contribution in [0.1, 0.15) is 6.42 Å². The number of rotatable bonds is 7. The van der Waals surface area contributed by atoms with E-state index in [9.17, 15) is 22.8 Å². The second-order valence-corrected chi connectivity index (χ2v) is 3.20. The van der Waals surface area contributed by atoms with E-state index in [0.29, 0.717) is 0 Å². The normalized spacial score (nSPS) is 12.9. The summed E-state index contributed by atoms with van der Waals surface area (Å²) in [5.74, 6) is -2.09. The standard InChI is InChI=1S/C9H13F3N2O3/c1-2-3-6(8(16)17)14-7(15)4-13-5-9(10,11)12/h2,6,13H,1,3-5H2,(H,14,15)(H,16,17)/t6-/m0/s1. The molecule has 0 rings (SSSR count). The molecule has 0 aromatic carbocycles. The fraction of sp³-hybridized carbons (Fsp3) is 0.556. The summed E-state index contributed by atoms with van der Waals surface area (Å²) in [6.45, 7) is 1.40. The fourth-order valence-electron chi connectivity index (χ4n) is 0.951. The molecule has 0 spiro atoms. The van der Waals surface area contributed by atoms with Gasteiger partial charge < -0.3 is 15.7 Å². The molecule has 0 aliphatic rings. The molecule has 0 fully saturated rings. The van der Waals surface area contributed by atoms with Gasteiger partial charge in [0.25, 0.3) is 0 Å². The zero-order valence-corrected chi connectivity index (χ0v) is 8.88. The first-order chi connectivity index (χ1) is 7.76. The fourth-order valence-corrected chi connectivity index (χ4v) is 0.951. The maximum absolute atomic E-state index is 11.7. The number of carboxylic acid groups (broad SMARTS) is 1. The van der Waals surface area contributed by atoms with Crippen LogP contribution in [0.3, 0.4) is 0 Å². The van der Waals surface area contributed by atoms with E-state index in [-0.39, 0.29) is 6.42 Å². The number of amides is 1. The number of aliphatic carboxylic acids is 1. The van der Waals surface area contributed by atoms with Gasteiger partial charge in [0.1, 0.15) is 6.04 Å². The Balaban J connectivity index is 3.99. The maximum Gasteiger partial charge on any atom is 0.401 e. The third-order valence-electron chi connectivity index (χ3n) is 1.65. The minimum absolute atomic E-state index is 0.000341. The Bertz CT molecular complexity index is 292. The first-order valence-corrected chi connectivity index (χ1v) is 4.67. The summed E-state index contributed by atoms with van der Waals surface area (Å²) < 4.78 is 35.1. The number of carbonyl (C=O) groups is 2. The van der Waals surface area contributed by atoms with Crippen molar-refractivity contribution in [3.05, 3.63) is 12.7 Å². The van der Waals surface area contributed by atoms with E-state index in [1.807, 2.05) is 5.32 Å². The van der Waals surface area contributed by atoms with Gasteiger partial charge in [-0.05, 0) is 6.42 Å². The summed E-state index contributed by atoms with van der Waals surface area (Å²) in [4.78, 5) is 21.7. The van der Waals surface area contributed by atoms with Crippen LogP contribution in [0.2, 0.25) is 0 Å². The zero-order chi connectivity index (χ0) is 13.5. The minimum Gasteiger partial charge on any atom is -0.480 e. The van der Waals surface area contributed by atoms with Crippen molar-refractivity contribution in [3.63, 3.8) is 0 Å². The lowest BCUT2D eigenvalue weighted by Gasteiger charge is -2.13. The highest BCUT2D eigenvalue weighted by Crippen LogP contribution is 2.11. The van der Waals surface area contributed by atoms with Crippen LogP contribution >= 0.6 is 0 Å². The average molecular weight is 254 g/mol. The molecule has 0 bridgehead atoms. The molecule has 8 heteroatoms. The number of hydrogen-bond donors (Lipinski definition) is 3. The summed E-state index contributed by atoms with van der Waals surface area (Å²) in [6, 6.07) is -1.17. The van der Waals surface area contributed by atoms with Crippen LogP contribution in [0.25, 0.3) is 0 Å². The predicted molar refractivity (Wildman–Crippen MR) is 53.3 cm³/mol. The van der Waals surface area contributed by atoms with E-state index in [4.69, 9.17) is 5.11 Å². The Labute approximate surface area is 95.7 Å². The Morgan fingerprint density at radius 3 is 2.41 bits per heavy atom. The molecule has 0 heterocycles. The summed E-state index contributed by atoms with van der Waals surface area (Å²) >= 11 is 0. The van der Waals surface area contributed by atoms with Crippen molar-refractivity contribution in [2.75, 3.05) is 13.1 Å². The molecule has 0 unspecified atom stereocenters. The molecule has 0 aliphatic heterocycles. The third-order valence-corrected chi connectivity index (χ3v) is 1.65. The van der Waals surface area contributed by atoms with Gasteiger partial charge in [0.15, 0.2) is 0 Å². The number of alkyl halides is 3. The van der Waals surface area contributed by atoms with E-state index in [1.54, 1.807) is 0 Å². The van der Waals surface area contributed by atoms with Crippen LogP contribution in [0.5, 0.6) is 0 Å². The lowest BCUT2D eigenvalue weighted by Crippen LogP contribution is -2.45. The van der Waals surface area contributed by atoms with Crippen molar-refractivity contribution in [2.45, 2.75) is 18.6 Å². The van der Waals surface area contributed by atoms with Gasteiger partial charge in [-0.25, -0.2) is 4.79 Å². The zero-order valence-electron chi connectivity index (χ0n) is 8.88. The quantitative estimate of drug-likeness (QED) is 0.570. The van der Waals surface area contributed by atoms with Gasteiger partial charge in [0, 0.05) is 0 Å². The molecule has 1 amide bonds. The molecule has 1 atom stereocenters. The molecule has 0 saturated carbocycles. The second kappa shape index (κ2) is 6.89. The third kappa shape index (κ3) is 8.26. The first kappa shape index (κ1) is 15.4. The van der Waals surface area contributed by atoms with E-state index < -0.39 is 37.2 Å². The molecule has 0 radical (unpaired) electrons. The van der Waals surface area contributed by atoms with Gasteiger partial charge in [-0.2, -0.15) is 13.2 Å². The van der Waals surface area contributed by atoms with Gasteiger partial charge in [0.2, 0.25) is 5.91 Å². The van der Waals surface area contributed by atoms with Crippen molar-refractivity contribution >= 4 is 11.9 Å². The van der Waals surface area contributed by atoms with E-state index >= 15 is 0 Å². The van der Waals surface area contributed by atoms with Crippen LogP contribution in [0, 0.1) is 0 Å². The van der Waals surface area contributed by atoms with Gasteiger partial charge in [-0.3, -0.25) is 4.79 Å². The van der Waals surface area contributed by atoms with E-state index in [2.05, 4.69) is 11.9 Å². The molecule has 17 heavy (non-hydrogen) atoms. The van der Waals surface area contributed by atoms with Gasteiger partial charge in [-0.15, -0.1) is 6.58 Å². The topological polar surface area (TPSA) is 78.4 Å². The highest BCUT2D eigenvalue weighted by molar-refractivity contribution is 5.84. The maximum atomic E-state index is 11.7. The van der Waals surface area contributed by atoms with Crippen LogP contribution < -0.4 is 10.6 Å². The lowest BCUT2D eigenvalue weighted by atomic mass is 10.2. The van der Waals surface area contributed by atoms with Crippen LogP contribution in [0.4, 0.5) is 13.2 Å². The molecule has 98 valence electrons. The first-order valence-electron chi connectivity index (χ1n) is 4.67. The second-order valence-electron chi connectivity index (χ2n) is 3.20. The van der Waals surface area contributed by atoms with Crippen LogP contribution in [-0.2, 0) is 9.59 Å². The Morgan fingerprint density at radius 1 is 1.41 bits per heavy atom. The van der Waals surface area contributed by atoms with E-state index in [0.717, 1.165) is 0 Å². The molecular weight excluding hydrogens is 241 g/mol. The molecular formula is C9H13F3N2O3. The lowest BCUT2D eigenvalue weighted by molar-refractivity contribution is -0.142. The molecule has 0 aliphatic carbocycles. The Morgan fingerprint density at radius 2 is 2.00 bits per heavy atom. The van der Waals surface area contributed by atoms with Gasteiger partial charge in [-0.1, -0.05) is 6.08 Å². The molecule has 0 aromatic heterocycles. The van der Waals surface area contributed by atoms with Gasteiger partial charge in [0.05, 0.1) is 13.1 Å². The molecule has 3 N–H and O–H groups in total. The number of carboxylic acids is 1. The Hall–Kier alpha value is -1.57. The largest absolute Gasteiger partial charge is 0.480 e. The SMILES string of the molecule is C=CC[C@H](NC(=O)CNCC(F)(F)F)C(=O)O. The Kier molecular flexibility index (Phi) is 6.26. The summed E-state index contributed by atoms with van der Waals surface area (Å²) in [6.07, 6.45) is -3.11. The highest BCUT2D eigenvalue weighted by Gasteiger charge is 2.27. The van der Waals surface area contributed by atoms with Crippen molar-refractivity contribution in [1.29, 1.82) is 0 Å².